The molecule has 0 unspecified atom stereocenters. The van der Waals surface area contributed by atoms with Crippen LogP contribution in [0.1, 0.15) is 19.4 Å². The van der Waals surface area contributed by atoms with Gasteiger partial charge in [0.05, 0.1) is 0 Å². The fraction of sp³-hybridized carbons (Fsp3) is 0.333. The Morgan fingerprint density at radius 1 is 1.40 bits per heavy atom. The minimum absolute atomic E-state index is 0.175. The quantitative estimate of drug-likeness (QED) is 0.861. The summed E-state index contributed by atoms with van der Waals surface area (Å²) in [5, 5.41) is 1.22. The van der Waals surface area contributed by atoms with Gasteiger partial charge in [0.25, 0.3) is 0 Å². The Hall–Kier alpha value is -0.800. The number of nitrogens with two attached hydrogens (primary N) is 1. The number of aromatic amines is 1. The molecule has 3 N–H and O–H groups in total. The van der Waals surface area contributed by atoms with Gasteiger partial charge in [-0.1, -0.05) is 18.2 Å². The van der Waals surface area contributed by atoms with Gasteiger partial charge in [0.15, 0.2) is 0 Å². The molecule has 0 aliphatic carbocycles. The minimum atomic E-state index is -0.175. The fourth-order valence-electron chi connectivity index (χ4n) is 1.82. The van der Waals surface area contributed by atoms with E-state index in [-0.39, 0.29) is 5.54 Å². The highest BCUT2D eigenvalue weighted by Crippen LogP contribution is 2.27. The predicted octanol–water partition coefficient (Wildman–Crippen LogP) is 3.21. The lowest BCUT2D eigenvalue weighted by molar-refractivity contribution is 0.518. The van der Waals surface area contributed by atoms with Crippen LogP contribution in [0.15, 0.2) is 28.9 Å². The average molecular weight is 267 g/mol. The van der Waals surface area contributed by atoms with Crippen LogP contribution < -0.4 is 5.73 Å². The zero-order valence-corrected chi connectivity index (χ0v) is 10.6. The van der Waals surface area contributed by atoms with Gasteiger partial charge < -0.3 is 10.7 Å². The monoisotopic (exact) mass is 266 g/mol. The highest BCUT2D eigenvalue weighted by atomic mass is 79.9. The van der Waals surface area contributed by atoms with Crippen LogP contribution in [-0.2, 0) is 6.42 Å². The first-order valence-corrected chi connectivity index (χ1v) is 5.80. The standard InChI is InChI=1S/C12H15BrN2/c1-12(2,14)6-8-4-3-5-9-10(13)7-15-11(8)9/h3-5,7,15H,6,14H2,1-2H3. The van der Waals surface area contributed by atoms with Crippen LogP contribution in [0.5, 0.6) is 0 Å². The predicted molar refractivity (Wildman–Crippen MR) is 68.0 cm³/mol. The van der Waals surface area contributed by atoms with E-state index in [0.29, 0.717) is 0 Å². The fourth-order valence-corrected chi connectivity index (χ4v) is 2.27. The van der Waals surface area contributed by atoms with E-state index in [1.165, 1.54) is 16.5 Å². The molecule has 15 heavy (non-hydrogen) atoms. The third-order valence-corrected chi connectivity index (χ3v) is 3.05. The highest BCUT2D eigenvalue weighted by molar-refractivity contribution is 9.10. The Kier molecular flexibility index (Phi) is 2.61. The summed E-state index contributed by atoms with van der Waals surface area (Å²) in [4.78, 5) is 3.28. The van der Waals surface area contributed by atoms with Crippen molar-refractivity contribution in [2.75, 3.05) is 0 Å². The molecule has 1 aromatic carbocycles. The largest absolute Gasteiger partial charge is 0.360 e. The first kappa shape index (κ1) is 10.7. The number of para-hydroxylation sites is 1. The number of fused-ring (bicyclic) bond motifs is 1. The van der Waals surface area contributed by atoms with Crippen LogP contribution in [0.4, 0.5) is 0 Å². The summed E-state index contributed by atoms with van der Waals surface area (Å²) in [7, 11) is 0. The topological polar surface area (TPSA) is 41.8 Å². The van der Waals surface area contributed by atoms with Crippen LogP contribution in [0.3, 0.4) is 0 Å². The van der Waals surface area contributed by atoms with E-state index < -0.39 is 0 Å². The van der Waals surface area contributed by atoms with Crippen LogP contribution >= 0.6 is 15.9 Å². The lowest BCUT2D eigenvalue weighted by Gasteiger charge is -2.18. The Morgan fingerprint density at radius 2 is 2.13 bits per heavy atom. The van der Waals surface area contributed by atoms with Crippen molar-refractivity contribution in [3.05, 3.63) is 34.4 Å². The van der Waals surface area contributed by atoms with Crippen molar-refractivity contribution in [1.82, 2.24) is 4.98 Å². The molecule has 2 nitrogen and oxygen atoms in total. The number of nitrogens with one attached hydrogen (secondary N) is 1. The Morgan fingerprint density at radius 3 is 2.80 bits per heavy atom. The first-order valence-electron chi connectivity index (χ1n) is 5.01. The minimum Gasteiger partial charge on any atom is -0.360 e. The smallest absolute Gasteiger partial charge is 0.0498 e. The van der Waals surface area contributed by atoms with Gasteiger partial charge in [-0.25, -0.2) is 0 Å². The molecule has 0 bridgehead atoms. The molecule has 2 rings (SSSR count). The van der Waals surface area contributed by atoms with Crippen LogP contribution in [-0.4, -0.2) is 10.5 Å². The van der Waals surface area contributed by atoms with Gasteiger partial charge in [-0.3, -0.25) is 0 Å². The molecule has 0 amide bonds. The van der Waals surface area contributed by atoms with Crippen LogP contribution in [0, 0.1) is 0 Å². The Bertz CT molecular complexity index is 480. The average Bonchev–Trinajstić information content (AvgIpc) is 2.47. The van der Waals surface area contributed by atoms with E-state index >= 15 is 0 Å². The van der Waals surface area contributed by atoms with Gasteiger partial charge in [0, 0.05) is 27.1 Å². The van der Waals surface area contributed by atoms with Crippen molar-refractivity contribution in [3.63, 3.8) is 0 Å². The highest BCUT2D eigenvalue weighted by Gasteiger charge is 2.14. The van der Waals surface area contributed by atoms with E-state index in [9.17, 15) is 0 Å². The molecule has 0 radical (unpaired) electrons. The zero-order valence-electron chi connectivity index (χ0n) is 8.97. The molecule has 0 aliphatic heterocycles. The summed E-state index contributed by atoms with van der Waals surface area (Å²) in [5.41, 5.74) is 8.32. The summed E-state index contributed by atoms with van der Waals surface area (Å²) in [6, 6.07) is 6.30. The first-order chi connectivity index (χ1) is 6.97. The van der Waals surface area contributed by atoms with Gasteiger partial charge >= 0.3 is 0 Å². The molecular weight excluding hydrogens is 252 g/mol. The van der Waals surface area contributed by atoms with E-state index in [1.54, 1.807) is 0 Å². The summed E-state index contributed by atoms with van der Waals surface area (Å²) in [6.45, 7) is 4.09. The summed E-state index contributed by atoms with van der Waals surface area (Å²) >= 11 is 3.52. The molecule has 0 saturated carbocycles. The van der Waals surface area contributed by atoms with Gasteiger partial charge in [-0.05, 0) is 41.8 Å². The Balaban J connectivity index is 2.52. The van der Waals surface area contributed by atoms with Gasteiger partial charge in [0.1, 0.15) is 0 Å². The van der Waals surface area contributed by atoms with Crippen molar-refractivity contribution in [3.8, 4) is 0 Å². The van der Waals surface area contributed by atoms with Gasteiger partial charge in [-0.15, -0.1) is 0 Å². The van der Waals surface area contributed by atoms with Gasteiger partial charge in [0.2, 0.25) is 0 Å². The number of hydrogen-bond acceptors (Lipinski definition) is 1. The van der Waals surface area contributed by atoms with Crippen molar-refractivity contribution in [2.24, 2.45) is 5.73 Å². The third-order valence-electron chi connectivity index (χ3n) is 2.40. The molecule has 0 saturated heterocycles. The molecule has 1 heterocycles. The van der Waals surface area contributed by atoms with Crippen molar-refractivity contribution in [1.29, 1.82) is 0 Å². The van der Waals surface area contributed by atoms with E-state index in [1.807, 2.05) is 20.0 Å². The zero-order chi connectivity index (χ0) is 11.1. The number of aromatic nitrogens is 1. The van der Waals surface area contributed by atoms with Gasteiger partial charge in [-0.2, -0.15) is 0 Å². The van der Waals surface area contributed by atoms with E-state index in [4.69, 9.17) is 5.73 Å². The van der Waals surface area contributed by atoms with Crippen LogP contribution in [0.2, 0.25) is 0 Å². The molecule has 0 spiro atoms. The molecule has 2 aromatic rings. The molecule has 0 atom stereocenters. The maximum absolute atomic E-state index is 6.04. The summed E-state index contributed by atoms with van der Waals surface area (Å²) in [5.74, 6) is 0. The second kappa shape index (κ2) is 3.65. The number of rotatable bonds is 2. The second-order valence-electron chi connectivity index (χ2n) is 4.64. The molecule has 1 aromatic heterocycles. The van der Waals surface area contributed by atoms with E-state index in [2.05, 4.69) is 39.1 Å². The maximum atomic E-state index is 6.04. The number of benzene rings is 1. The maximum Gasteiger partial charge on any atom is 0.0498 e. The van der Waals surface area contributed by atoms with Crippen LogP contribution in [0.25, 0.3) is 10.9 Å². The number of H-pyrrole nitrogens is 1. The SMILES string of the molecule is CC(C)(N)Cc1cccc2c(Br)c[nH]c12. The molecule has 80 valence electrons. The lowest BCUT2D eigenvalue weighted by atomic mass is 9.95. The summed E-state index contributed by atoms with van der Waals surface area (Å²) < 4.78 is 1.11. The van der Waals surface area contributed by atoms with E-state index in [0.717, 1.165) is 10.9 Å². The number of halogens is 1. The van der Waals surface area contributed by atoms with Crippen molar-refractivity contribution in [2.45, 2.75) is 25.8 Å². The molecule has 0 aliphatic rings. The summed E-state index contributed by atoms with van der Waals surface area (Å²) in [6.07, 6.45) is 2.84. The molecule has 3 heteroatoms. The number of hydrogen-bond donors (Lipinski definition) is 2. The molecular formula is C12H15BrN2. The Labute approximate surface area is 98.0 Å². The third kappa shape index (κ3) is 2.24. The van der Waals surface area contributed by atoms with Crippen molar-refractivity contribution >= 4 is 26.8 Å². The normalized spacial score (nSPS) is 12.3. The molecule has 0 fully saturated rings. The van der Waals surface area contributed by atoms with Crippen molar-refractivity contribution < 1.29 is 0 Å². The lowest BCUT2D eigenvalue weighted by Crippen LogP contribution is -2.34. The second-order valence-corrected chi connectivity index (χ2v) is 5.50.